The van der Waals surface area contributed by atoms with Crippen LogP contribution in [0.15, 0.2) is 42.5 Å². The van der Waals surface area contributed by atoms with E-state index in [0.717, 1.165) is 5.56 Å². The molecule has 0 aromatic heterocycles. The zero-order chi connectivity index (χ0) is 11.5. The molecule has 0 fully saturated rings. The van der Waals surface area contributed by atoms with Gasteiger partial charge in [0.05, 0.1) is 0 Å². The van der Waals surface area contributed by atoms with Gasteiger partial charge in [-0.15, -0.1) is 0 Å². The molecular weight excluding hydrogens is 207 g/mol. The van der Waals surface area contributed by atoms with Crippen LogP contribution in [0.1, 0.15) is 11.1 Å². The number of halogens is 1. The van der Waals surface area contributed by atoms with Crippen molar-refractivity contribution in [1.29, 1.82) is 0 Å². The summed E-state index contributed by atoms with van der Waals surface area (Å²) in [7, 11) is 0. The van der Waals surface area contributed by atoms with Gasteiger partial charge in [0, 0.05) is 12.5 Å². The fourth-order valence-corrected chi connectivity index (χ4v) is 1.52. The second kappa shape index (κ2) is 4.23. The Hall–Kier alpha value is -2.03. The molecule has 0 aliphatic heterocycles. The molecule has 0 saturated carbocycles. The van der Waals surface area contributed by atoms with Gasteiger partial charge in [-0.1, -0.05) is 18.2 Å². The van der Waals surface area contributed by atoms with Crippen LogP contribution < -0.4 is 0 Å². The first-order chi connectivity index (χ1) is 7.65. The van der Waals surface area contributed by atoms with Crippen LogP contribution in [0.5, 0.6) is 11.5 Å². The summed E-state index contributed by atoms with van der Waals surface area (Å²) in [6, 6.07) is 10.5. The number of hydrogen-bond acceptors (Lipinski definition) is 2. The third kappa shape index (κ3) is 2.31. The Labute approximate surface area is 92.6 Å². The lowest BCUT2D eigenvalue weighted by atomic mass is 10.0. The van der Waals surface area contributed by atoms with Gasteiger partial charge in [-0.3, -0.25) is 0 Å². The highest BCUT2D eigenvalue weighted by Gasteiger charge is 2.03. The number of rotatable bonds is 2. The summed E-state index contributed by atoms with van der Waals surface area (Å²) in [5.74, 6) is -0.205. The normalized spacial score (nSPS) is 10.3. The fraction of sp³-hybridized carbons (Fsp3) is 0.0769. The molecule has 0 aliphatic carbocycles. The highest BCUT2D eigenvalue weighted by molar-refractivity contribution is 5.41. The van der Waals surface area contributed by atoms with Crippen molar-refractivity contribution >= 4 is 0 Å². The first-order valence-corrected chi connectivity index (χ1v) is 4.90. The van der Waals surface area contributed by atoms with E-state index in [4.69, 9.17) is 5.11 Å². The van der Waals surface area contributed by atoms with Gasteiger partial charge in [0.2, 0.25) is 0 Å². The van der Waals surface area contributed by atoms with E-state index in [-0.39, 0.29) is 17.3 Å². The molecular formula is C13H11FO2. The van der Waals surface area contributed by atoms with Crippen LogP contribution in [0, 0.1) is 5.82 Å². The highest BCUT2D eigenvalue weighted by Crippen LogP contribution is 2.24. The van der Waals surface area contributed by atoms with E-state index in [1.54, 1.807) is 18.2 Å². The minimum Gasteiger partial charge on any atom is -0.508 e. The lowest BCUT2D eigenvalue weighted by Crippen LogP contribution is -1.89. The van der Waals surface area contributed by atoms with Crippen LogP contribution in [0.2, 0.25) is 0 Å². The number of aromatic hydroxyl groups is 2. The summed E-state index contributed by atoms with van der Waals surface area (Å²) >= 11 is 0. The quantitative estimate of drug-likeness (QED) is 0.813. The Morgan fingerprint density at radius 2 is 1.62 bits per heavy atom. The first-order valence-electron chi connectivity index (χ1n) is 4.90. The standard InChI is InChI=1S/C13H11FO2/c14-11-4-1-9(2-5-11)7-10-3-6-12(15)8-13(10)16/h1-6,8,15-16H,7H2. The van der Waals surface area contributed by atoms with E-state index >= 15 is 0 Å². The third-order valence-electron chi connectivity index (χ3n) is 2.38. The van der Waals surface area contributed by atoms with Gasteiger partial charge in [0.25, 0.3) is 0 Å². The second-order valence-electron chi connectivity index (χ2n) is 3.62. The maximum atomic E-state index is 12.7. The molecule has 0 unspecified atom stereocenters. The van der Waals surface area contributed by atoms with Crippen molar-refractivity contribution in [2.24, 2.45) is 0 Å². The van der Waals surface area contributed by atoms with Crippen LogP contribution in [-0.2, 0) is 6.42 Å². The summed E-state index contributed by atoms with van der Waals surface area (Å²) in [5, 5.41) is 18.7. The van der Waals surface area contributed by atoms with E-state index in [1.165, 1.54) is 24.3 Å². The topological polar surface area (TPSA) is 40.5 Å². The van der Waals surface area contributed by atoms with Gasteiger partial charge in [0.1, 0.15) is 17.3 Å². The molecule has 2 N–H and O–H groups in total. The van der Waals surface area contributed by atoms with Crippen molar-refractivity contribution in [3.63, 3.8) is 0 Å². The van der Waals surface area contributed by atoms with E-state index < -0.39 is 0 Å². The monoisotopic (exact) mass is 218 g/mol. The molecule has 0 amide bonds. The van der Waals surface area contributed by atoms with Crippen LogP contribution in [0.25, 0.3) is 0 Å². The Bertz CT molecular complexity index is 492. The molecule has 0 atom stereocenters. The SMILES string of the molecule is Oc1ccc(Cc2ccc(F)cc2)c(O)c1. The smallest absolute Gasteiger partial charge is 0.123 e. The minimum atomic E-state index is -0.279. The molecule has 2 nitrogen and oxygen atoms in total. The molecule has 0 radical (unpaired) electrons. The lowest BCUT2D eigenvalue weighted by molar-refractivity contribution is 0.447. The predicted octanol–water partition coefficient (Wildman–Crippen LogP) is 2.83. The number of hydrogen-bond donors (Lipinski definition) is 2. The van der Waals surface area contributed by atoms with Gasteiger partial charge < -0.3 is 10.2 Å². The van der Waals surface area contributed by atoms with Gasteiger partial charge in [-0.2, -0.15) is 0 Å². The largest absolute Gasteiger partial charge is 0.508 e. The molecule has 0 spiro atoms. The zero-order valence-corrected chi connectivity index (χ0v) is 8.52. The van der Waals surface area contributed by atoms with Crippen molar-refractivity contribution in [3.8, 4) is 11.5 Å². The molecule has 16 heavy (non-hydrogen) atoms. The molecule has 2 aromatic rings. The van der Waals surface area contributed by atoms with Gasteiger partial charge in [-0.25, -0.2) is 4.39 Å². The maximum absolute atomic E-state index is 12.7. The fourth-order valence-electron chi connectivity index (χ4n) is 1.52. The first kappa shape index (κ1) is 10.5. The summed E-state index contributed by atoms with van der Waals surface area (Å²) in [5.41, 5.74) is 1.60. The average molecular weight is 218 g/mol. The zero-order valence-electron chi connectivity index (χ0n) is 8.52. The molecule has 2 aromatic carbocycles. The van der Waals surface area contributed by atoms with Gasteiger partial charge in [-0.05, 0) is 29.3 Å². The van der Waals surface area contributed by atoms with E-state index in [0.29, 0.717) is 12.0 Å². The van der Waals surface area contributed by atoms with Crippen molar-refractivity contribution in [2.75, 3.05) is 0 Å². The summed E-state index contributed by atoms with van der Waals surface area (Å²) in [6.45, 7) is 0. The summed E-state index contributed by atoms with van der Waals surface area (Å²) < 4.78 is 12.7. The van der Waals surface area contributed by atoms with Crippen LogP contribution in [-0.4, -0.2) is 10.2 Å². The molecule has 0 aliphatic rings. The van der Waals surface area contributed by atoms with Crippen LogP contribution in [0.4, 0.5) is 4.39 Å². The van der Waals surface area contributed by atoms with E-state index in [2.05, 4.69) is 0 Å². The third-order valence-corrected chi connectivity index (χ3v) is 2.38. The molecule has 0 heterocycles. The Morgan fingerprint density at radius 1 is 0.938 bits per heavy atom. The molecule has 0 saturated heterocycles. The second-order valence-corrected chi connectivity index (χ2v) is 3.62. The number of phenolic OH excluding ortho intramolecular Hbond substituents is 2. The van der Waals surface area contributed by atoms with E-state index in [1.807, 2.05) is 0 Å². The van der Waals surface area contributed by atoms with Crippen molar-refractivity contribution in [1.82, 2.24) is 0 Å². The average Bonchev–Trinajstić information content (AvgIpc) is 2.25. The Balaban J connectivity index is 2.23. The molecule has 0 bridgehead atoms. The maximum Gasteiger partial charge on any atom is 0.123 e. The molecule has 82 valence electrons. The van der Waals surface area contributed by atoms with Crippen LogP contribution in [0.3, 0.4) is 0 Å². The lowest BCUT2D eigenvalue weighted by Gasteiger charge is -2.05. The Morgan fingerprint density at radius 3 is 2.25 bits per heavy atom. The minimum absolute atomic E-state index is 0.0281. The number of benzene rings is 2. The van der Waals surface area contributed by atoms with Crippen LogP contribution >= 0.6 is 0 Å². The summed E-state index contributed by atoms with van der Waals surface area (Å²) in [4.78, 5) is 0. The molecule has 3 heteroatoms. The van der Waals surface area contributed by atoms with E-state index in [9.17, 15) is 9.50 Å². The van der Waals surface area contributed by atoms with Crippen molar-refractivity contribution in [3.05, 3.63) is 59.4 Å². The van der Waals surface area contributed by atoms with Crippen molar-refractivity contribution in [2.45, 2.75) is 6.42 Å². The summed E-state index contributed by atoms with van der Waals surface area (Å²) in [6.07, 6.45) is 0.506. The number of phenols is 2. The highest BCUT2D eigenvalue weighted by atomic mass is 19.1. The van der Waals surface area contributed by atoms with Gasteiger partial charge >= 0.3 is 0 Å². The van der Waals surface area contributed by atoms with Gasteiger partial charge in [0.15, 0.2) is 0 Å². The predicted molar refractivity (Wildman–Crippen MR) is 59.0 cm³/mol. The Kier molecular flexibility index (Phi) is 2.77. The molecule has 2 rings (SSSR count). The van der Waals surface area contributed by atoms with Crippen molar-refractivity contribution < 1.29 is 14.6 Å².